The molecule has 0 atom stereocenters. The average molecular weight is 462 g/mol. The minimum atomic E-state index is -0.111. The van der Waals surface area contributed by atoms with E-state index in [9.17, 15) is 9.59 Å². The molecule has 1 amide bonds. The lowest BCUT2D eigenvalue weighted by Gasteiger charge is -2.11. The molecule has 0 saturated carbocycles. The standard InChI is InChI=1S/C25H27N5O2S/c1-4-29-24(32)20-12-8-9-13-22(20)27-25(29)33-16-23(31)26-14-21-17(2)28-30(18(21)3)15-19-10-6-5-7-11-19/h5-13H,4,14-16H2,1-3H3,(H,26,31). The predicted octanol–water partition coefficient (Wildman–Crippen LogP) is 3.69. The molecule has 0 bridgehead atoms. The summed E-state index contributed by atoms with van der Waals surface area (Å²) in [6, 6.07) is 17.5. The Hall–Kier alpha value is -3.39. The van der Waals surface area contributed by atoms with Crippen molar-refractivity contribution < 1.29 is 4.79 Å². The number of carbonyl (C=O) groups is 1. The first-order valence-corrected chi connectivity index (χ1v) is 11.9. The van der Waals surface area contributed by atoms with Gasteiger partial charge in [-0.1, -0.05) is 54.2 Å². The number of carbonyl (C=O) groups excluding carboxylic acids is 1. The maximum absolute atomic E-state index is 12.7. The van der Waals surface area contributed by atoms with E-state index in [2.05, 4.69) is 27.5 Å². The highest BCUT2D eigenvalue weighted by Gasteiger charge is 2.15. The number of fused-ring (bicyclic) bond motifs is 1. The van der Waals surface area contributed by atoms with Crippen molar-refractivity contribution in [2.24, 2.45) is 0 Å². The van der Waals surface area contributed by atoms with Gasteiger partial charge in [-0.2, -0.15) is 5.10 Å². The fourth-order valence-corrected chi connectivity index (χ4v) is 4.70. The smallest absolute Gasteiger partial charge is 0.262 e. The maximum Gasteiger partial charge on any atom is 0.262 e. The normalized spacial score (nSPS) is 11.1. The van der Waals surface area contributed by atoms with Crippen LogP contribution in [-0.4, -0.2) is 31.0 Å². The molecular formula is C25H27N5O2S. The van der Waals surface area contributed by atoms with Gasteiger partial charge in [0.05, 0.1) is 28.9 Å². The van der Waals surface area contributed by atoms with E-state index >= 15 is 0 Å². The number of thioether (sulfide) groups is 1. The monoisotopic (exact) mass is 461 g/mol. The van der Waals surface area contributed by atoms with E-state index in [4.69, 9.17) is 0 Å². The summed E-state index contributed by atoms with van der Waals surface area (Å²) >= 11 is 1.28. The SMILES string of the molecule is CCn1c(SCC(=O)NCc2c(C)nn(Cc3ccccc3)c2C)nc2ccccc2c1=O. The van der Waals surface area contributed by atoms with Gasteiger partial charge in [0.25, 0.3) is 5.56 Å². The summed E-state index contributed by atoms with van der Waals surface area (Å²) in [6.45, 7) is 7.50. The highest BCUT2D eigenvalue weighted by Crippen LogP contribution is 2.18. The van der Waals surface area contributed by atoms with E-state index in [0.29, 0.717) is 35.7 Å². The van der Waals surface area contributed by atoms with Crippen molar-refractivity contribution >= 4 is 28.6 Å². The third kappa shape index (κ3) is 5.01. The minimum Gasteiger partial charge on any atom is -0.351 e. The number of benzene rings is 2. The zero-order valence-corrected chi connectivity index (χ0v) is 19.9. The third-order valence-corrected chi connectivity index (χ3v) is 6.62. The van der Waals surface area contributed by atoms with Crippen molar-refractivity contribution in [3.63, 3.8) is 0 Å². The molecule has 2 aromatic heterocycles. The van der Waals surface area contributed by atoms with E-state index < -0.39 is 0 Å². The number of aromatic nitrogens is 4. The van der Waals surface area contributed by atoms with Crippen molar-refractivity contribution in [2.45, 2.75) is 45.6 Å². The lowest BCUT2D eigenvalue weighted by Crippen LogP contribution is -2.27. The summed E-state index contributed by atoms with van der Waals surface area (Å²) in [4.78, 5) is 29.9. The number of hydrogen-bond acceptors (Lipinski definition) is 5. The van der Waals surface area contributed by atoms with Crippen molar-refractivity contribution in [3.05, 3.63) is 87.5 Å². The van der Waals surface area contributed by atoms with E-state index in [1.807, 2.05) is 61.9 Å². The quantitative estimate of drug-likeness (QED) is 0.320. The van der Waals surface area contributed by atoms with Gasteiger partial charge in [0.15, 0.2) is 5.16 Å². The van der Waals surface area contributed by atoms with Crippen LogP contribution in [0.5, 0.6) is 0 Å². The summed E-state index contributed by atoms with van der Waals surface area (Å²) in [7, 11) is 0. The predicted molar refractivity (Wildman–Crippen MR) is 131 cm³/mol. The number of amides is 1. The average Bonchev–Trinajstić information content (AvgIpc) is 3.09. The van der Waals surface area contributed by atoms with Gasteiger partial charge in [-0.25, -0.2) is 4.98 Å². The van der Waals surface area contributed by atoms with Gasteiger partial charge in [-0.15, -0.1) is 0 Å². The van der Waals surface area contributed by atoms with Crippen LogP contribution in [0.4, 0.5) is 0 Å². The van der Waals surface area contributed by atoms with Crippen molar-refractivity contribution in [1.29, 1.82) is 0 Å². The number of para-hydroxylation sites is 1. The first kappa shape index (κ1) is 22.8. The molecule has 7 nitrogen and oxygen atoms in total. The Morgan fingerprint density at radius 1 is 1.06 bits per heavy atom. The molecule has 170 valence electrons. The molecule has 0 spiro atoms. The Balaban J connectivity index is 1.41. The maximum atomic E-state index is 12.7. The van der Waals surface area contributed by atoms with Crippen LogP contribution < -0.4 is 10.9 Å². The number of nitrogens with one attached hydrogen (secondary N) is 1. The van der Waals surface area contributed by atoms with Crippen LogP contribution in [0.15, 0.2) is 64.5 Å². The molecule has 0 unspecified atom stereocenters. The Bertz CT molecular complexity index is 1340. The highest BCUT2D eigenvalue weighted by atomic mass is 32.2. The Morgan fingerprint density at radius 3 is 2.55 bits per heavy atom. The van der Waals surface area contributed by atoms with Crippen LogP contribution in [0.3, 0.4) is 0 Å². The van der Waals surface area contributed by atoms with E-state index in [0.717, 1.165) is 17.0 Å². The van der Waals surface area contributed by atoms with Gasteiger partial charge in [-0.3, -0.25) is 18.8 Å². The zero-order chi connectivity index (χ0) is 23.4. The Morgan fingerprint density at radius 2 is 1.79 bits per heavy atom. The molecule has 2 aromatic carbocycles. The van der Waals surface area contributed by atoms with Gasteiger partial charge in [0.1, 0.15) is 0 Å². The Labute approximate surface area is 196 Å². The molecule has 0 aliphatic heterocycles. The van der Waals surface area contributed by atoms with E-state index in [1.54, 1.807) is 10.6 Å². The van der Waals surface area contributed by atoms with Gasteiger partial charge < -0.3 is 5.32 Å². The highest BCUT2D eigenvalue weighted by molar-refractivity contribution is 7.99. The first-order valence-electron chi connectivity index (χ1n) is 10.9. The van der Waals surface area contributed by atoms with Crippen LogP contribution in [0.2, 0.25) is 0 Å². The molecule has 4 rings (SSSR count). The zero-order valence-electron chi connectivity index (χ0n) is 19.0. The second-order valence-corrected chi connectivity index (χ2v) is 8.76. The summed E-state index contributed by atoms with van der Waals surface area (Å²) in [5.41, 5.74) is 4.72. The molecule has 0 saturated heterocycles. The second kappa shape index (κ2) is 10.0. The van der Waals surface area contributed by atoms with Crippen LogP contribution >= 0.6 is 11.8 Å². The van der Waals surface area contributed by atoms with Gasteiger partial charge >= 0.3 is 0 Å². The summed E-state index contributed by atoms with van der Waals surface area (Å²) in [5, 5.41) is 8.78. The van der Waals surface area contributed by atoms with Gasteiger partial charge in [0.2, 0.25) is 5.91 Å². The molecule has 8 heteroatoms. The van der Waals surface area contributed by atoms with E-state index in [1.165, 1.54) is 17.3 Å². The van der Waals surface area contributed by atoms with Gasteiger partial charge in [0, 0.05) is 24.3 Å². The van der Waals surface area contributed by atoms with Crippen molar-refractivity contribution in [1.82, 2.24) is 24.6 Å². The fourth-order valence-electron chi connectivity index (χ4n) is 3.80. The van der Waals surface area contributed by atoms with Crippen LogP contribution in [0.25, 0.3) is 10.9 Å². The van der Waals surface area contributed by atoms with Crippen molar-refractivity contribution in [3.8, 4) is 0 Å². The summed E-state index contributed by atoms with van der Waals surface area (Å²) in [6.07, 6.45) is 0. The number of aryl methyl sites for hydroxylation is 1. The first-order chi connectivity index (χ1) is 16.0. The molecular weight excluding hydrogens is 434 g/mol. The summed E-state index contributed by atoms with van der Waals surface area (Å²) < 4.78 is 3.59. The Kier molecular flexibility index (Phi) is 6.93. The molecule has 4 aromatic rings. The summed E-state index contributed by atoms with van der Waals surface area (Å²) in [5.74, 6) is 0.0702. The van der Waals surface area contributed by atoms with Crippen LogP contribution in [0.1, 0.15) is 29.4 Å². The topological polar surface area (TPSA) is 81.8 Å². The molecule has 33 heavy (non-hydrogen) atoms. The lowest BCUT2D eigenvalue weighted by molar-refractivity contribution is -0.118. The molecule has 0 radical (unpaired) electrons. The minimum absolute atomic E-state index is 0.0805. The number of nitrogens with zero attached hydrogens (tertiary/aromatic N) is 4. The van der Waals surface area contributed by atoms with Gasteiger partial charge in [-0.05, 0) is 38.5 Å². The molecule has 1 N–H and O–H groups in total. The molecule has 0 aliphatic carbocycles. The third-order valence-electron chi connectivity index (χ3n) is 5.64. The number of hydrogen-bond donors (Lipinski definition) is 1. The molecule has 0 aliphatic rings. The van der Waals surface area contributed by atoms with Crippen LogP contribution in [-0.2, 0) is 24.4 Å². The lowest BCUT2D eigenvalue weighted by atomic mass is 10.2. The molecule has 2 heterocycles. The van der Waals surface area contributed by atoms with E-state index in [-0.39, 0.29) is 17.2 Å². The van der Waals surface area contributed by atoms with Crippen LogP contribution in [0, 0.1) is 13.8 Å². The second-order valence-electron chi connectivity index (χ2n) is 7.82. The fraction of sp³-hybridized carbons (Fsp3) is 0.280. The molecule has 0 fully saturated rings. The van der Waals surface area contributed by atoms with Crippen molar-refractivity contribution in [2.75, 3.05) is 5.75 Å². The largest absolute Gasteiger partial charge is 0.351 e. The number of rotatable bonds is 8.